The second-order valence-corrected chi connectivity index (χ2v) is 3.49. The first-order chi connectivity index (χ1) is 7.74. The van der Waals surface area contributed by atoms with E-state index in [4.69, 9.17) is 11.5 Å². The van der Waals surface area contributed by atoms with E-state index in [-0.39, 0.29) is 6.42 Å². The molecule has 0 aliphatic carbocycles. The van der Waals surface area contributed by atoms with E-state index in [0.717, 1.165) is 5.56 Å². The third kappa shape index (κ3) is 4.02. The predicted molar refractivity (Wildman–Crippen MR) is 64.7 cm³/mol. The van der Waals surface area contributed by atoms with Crippen molar-refractivity contribution in [2.45, 2.75) is 12.8 Å². The predicted octanol–water partition coefficient (Wildman–Crippen LogP) is 2.81. The number of carbonyl (C=O) groups is 1. The van der Waals surface area contributed by atoms with Crippen molar-refractivity contribution < 1.29 is 9.90 Å². The van der Waals surface area contributed by atoms with Crippen LogP contribution in [0.25, 0.3) is 6.08 Å². The number of allylic oxidation sites excluding steroid dienone is 1. The van der Waals surface area contributed by atoms with Gasteiger partial charge < -0.3 is 5.11 Å². The molecule has 0 spiro atoms. The lowest BCUT2D eigenvalue weighted by molar-refractivity contribution is -0.141. The van der Waals surface area contributed by atoms with Crippen molar-refractivity contribution in [3.05, 3.63) is 42.0 Å². The maximum atomic E-state index is 10.8. The highest BCUT2D eigenvalue weighted by Crippen LogP contribution is 2.11. The second-order valence-electron chi connectivity index (χ2n) is 3.49. The number of hydrogen-bond acceptors (Lipinski definition) is 1. The van der Waals surface area contributed by atoms with E-state index in [1.807, 2.05) is 42.5 Å². The maximum absolute atomic E-state index is 10.8. The zero-order valence-electron chi connectivity index (χ0n) is 8.97. The molecule has 16 heavy (non-hydrogen) atoms. The van der Waals surface area contributed by atoms with Crippen LogP contribution in [0.4, 0.5) is 0 Å². The minimum atomic E-state index is -0.837. The van der Waals surface area contributed by atoms with Crippen molar-refractivity contribution in [2.75, 3.05) is 0 Å². The Kier molecular flexibility index (Phi) is 4.88. The molecule has 1 aromatic rings. The number of carboxylic acids is 1. The van der Waals surface area contributed by atoms with Gasteiger partial charge in [0.1, 0.15) is 0 Å². The Morgan fingerprint density at radius 1 is 1.44 bits per heavy atom. The van der Waals surface area contributed by atoms with Crippen LogP contribution in [-0.4, -0.2) is 11.1 Å². The Hall–Kier alpha value is -2.01. The fraction of sp³-hybridized carbons (Fsp3) is 0.214. The Labute approximate surface area is 95.6 Å². The zero-order chi connectivity index (χ0) is 11.8. The molecule has 0 fully saturated rings. The molecule has 2 heteroatoms. The van der Waals surface area contributed by atoms with E-state index >= 15 is 0 Å². The lowest BCUT2D eigenvalue weighted by Crippen LogP contribution is -2.11. The molecule has 82 valence electrons. The van der Waals surface area contributed by atoms with Gasteiger partial charge in [0.25, 0.3) is 0 Å². The number of carboxylic acid groups (broad SMARTS) is 1. The molecule has 0 saturated carbocycles. The normalized spacial score (nSPS) is 12.2. The first kappa shape index (κ1) is 12.1. The number of rotatable bonds is 5. The summed E-state index contributed by atoms with van der Waals surface area (Å²) in [5.41, 5.74) is 1.06. The highest BCUT2D eigenvalue weighted by atomic mass is 16.4. The van der Waals surface area contributed by atoms with Crippen molar-refractivity contribution >= 4 is 12.0 Å². The van der Waals surface area contributed by atoms with Gasteiger partial charge in [0.15, 0.2) is 0 Å². The molecule has 0 saturated heterocycles. The summed E-state index contributed by atoms with van der Waals surface area (Å²) in [7, 11) is 0. The second kappa shape index (κ2) is 6.47. The highest BCUT2D eigenvalue weighted by Gasteiger charge is 2.13. The molecule has 1 rings (SSSR count). The summed E-state index contributed by atoms with van der Waals surface area (Å²) >= 11 is 0. The molecule has 0 amide bonds. The van der Waals surface area contributed by atoms with E-state index in [1.54, 1.807) is 0 Å². The number of aliphatic carboxylic acids is 1. The van der Waals surface area contributed by atoms with Gasteiger partial charge in [-0.25, -0.2) is 0 Å². The monoisotopic (exact) mass is 214 g/mol. The van der Waals surface area contributed by atoms with Crippen LogP contribution in [0.2, 0.25) is 0 Å². The van der Waals surface area contributed by atoms with Crippen LogP contribution < -0.4 is 0 Å². The fourth-order valence-electron chi connectivity index (χ4n) is 1.35. The average molecular weight is 214 g/mol. The van der Waals surface area contributed by atoms with Gasteiger partial charge >= 0.3 is 5.97 Å². The van der Waals surface area contributed by atoms with Crippen molar-refractivity contribution in [1.82, 2.24) is 0 Å². The third-order valence-corrected chi connectivity index (χ3v) is 2.24. The molecular weight excluding hydrogens is 200 g/mol. The van der Waals surface area contributed by atoms with Crippen molar-refractivity contribution in [3.63, 3.8) is 0 Å². The van der Waals surface area contributed by atoms with Gasteiger partial charge in [-0.1, -0.05) is 42.5 Å². The van der Waals surface area contributed by atoms with Crippen LogP contribution in [0.3, 0.4) is 0 Å². The van der Waals surface area contributed by atoms with E-state index in [9.17, 15) is 4.79 Å². The molecule has 0 heterocycles. The van der Waals surface area contributed by atoms with Crippen LogP contribution in [0, 0.1) is 18.3 Å². The Balaban J connectivity index is 2.53. The molecule has 0 aliphatic rings. The SMILES string of the molecule is C#CCC(C/C=C/c1ccccc1)C(=O)O. The van der Waals surface area contributed by atoms with E-state index in [1.165, 1.54) is 0 Å². The van der Waals surface area contributed by atoms with Gasteiger partial charge in [-0.05, 0) is 12.0 Å². The van der Waals surface area contributed by atoms with Crippen molar-refractivity contribution in [2.24, 2.45) is 5.92 Å². The van der Waals surface area contributed by atoms with Crippen LogP contribution >= 0.6 is 0 Å². The summed E-state index contributed by atoms with van der Waals surface area (Å²) in [5.74, 6) is 1.06. The molecule has 1 atom stereocenters. The maximum Gasteiger partial charge on any atom is 0.307 e. The molecule has 1 unspecified atom stereocenters. The van der Waals surface area contributed by atoms with Gasteiger partial charge in [-0.15, -0.1) is 12.3 Å². The molecule has 2 nitrogen and oxygen atoms in total. The van der Waals surface area contributed by atoms with E-state index < -0.39 is 11.9 Å². The van der Waals surface area contributed by atoms with Crippen molar-refractivity contribution in [1.29, 1.82) is 0 Å². The largest absolute Gasteiger partial charge is 0.481 e. The molecule has 0 bridgehead atoms. The summed E-state index contributed by atoms with van der Waals surface area (Å²) in [5, 5.41) is 8.87. The van der Waals surface area contributed by atoms with Gasteiger partial charge in [0.05, 0.1) is 5.92 Å². The van der Waals surface area contributed by atoms with E-state index in [2.05, 4.69) is 5.92 Å². The molecular formula is C14H14O2. The Morgan fingerprint density at radius 3 is 2.69 bits per heavy atom. The summed E-state index contributed by atoms with van der Waals surface area (Å²) in [6, 6.07) is 9.75. The summed E-state index contributed by atoms with van der Waals surface area (Å²) in [6.45, 7) is 0. The minimum Gasteiger partial charge on any atom is -0.481 e. The fourth-order valence-corrected chi connectivity index (χ4v) is 1.35. The average Bonchev–Trinajstić information content (AvgIpc) is 2.29. The quantitative estimate of drug-likeness (QED) is 0.765. The standard InChI is InChI=1S/C14H14O2/c1-2-7-13(14(15)16)11-6-10-12-8-4-3-5-9-12/h1,3-6,8-10,13H,7,11H2,(H,15,16)/b10-6+. The van der Waals surface area contributed by atoms with E-state index in [0.29, 0.717) is 6.42 Å². The molecule has 0 aromatic heterocycles. The minimum absolute atomic E-state index is 0.272. The topological polar surface area (TPSA) is 37.3 Å². The number of hydrogen-bond donors (Lipinski definition) is 1. The van der Waals surface area contributed by atoms with Crippen molar-refractivity contribution in [3.8, 4) is 12.3 Å². The van der Waals surface area contributed by atoms with Crippen LogP contribution in [-0.2, 0) is 4.79 Å². The number of benzene rings is 1. The van der Waals surface area contributed by atoms with Gasteiger partial charge in [-0.2, -0.15) is 0 Å². The Bertz CT molecular complexity index is 398. The lowest BCUT2D eigenvalue weighted by Gasteiger charge is -2.04. The molecule has 1 aromatic carbocycles. The van der Waals surface area contributed by atoms with Gasteiger partial charge in [0.2, 0.25) is 0 Å². The Morgan fingerprint density at radius 2 is 2.12 bits per heavy atom. The highest BCUT2D eigenvalue weighted by molar-refractivity contribution is 5.70. The van der Waals surface area contributed by atoms with Crippen LogP contribution in [0.5, 0.6) is 0 Å². The summed E-state index contributed by atoms with van der Waals surface area (Å²) in [6.07, 6.45) is 9.61. The van der Waals surface area contributed by atoms with Crippen LogP contribution in [0.15, 0.2) is 36.4 Å². The molecule has 0 aliphatic heterocycles. The summed E-state index contributed by atoms with van der Waals surface area (Å²) < 4.78 is 0. The molecule has 0 radical (unpaired) electrons. The third-order valence-electron chi connectivity index (χ3n) is 2.24. The molecule has 1 N–H and O–H groups in total. The lowest BCUT2D eigenvalue weighted by atomic mass is 10.0. The smallest absolute Gasteiger partial charge is 0.307 e. The first-order valence-electron chi connectivity index (χ1n) is 5.12. The number of terminal acetylenes is 1. The van der Waals surface area contributed by atoms with Gasteiger partial charge in [-0.3, -0.25) is 4.79 Å². The first-order valence-corrected chi connectivity index (χ1v) is 5.12. The van der Waals surface area contributed by atoms with Crippen LogP contribution in [0.1, 0.15) is 18.4 Å². The zero-order valence-corrected chi connectivity index (χ0v) is 8.97. The van der Waals surface area contributed by atoms with Gasteiger partial charge in [0, 0.05) is 6.42 Å². The summed E-state index contributed by atoms with van der Waals surface area (Å²) in [4.78, 5) is 10.8.